The minimum absolute atomic E-state index is 0.0449. The van der Waals surface area contributed by atoms with Crippen molar-refractivity contribution in [2.45, 2.75) is 51.5 Å². The van der Waals surface area contributed by atoms with Gasteiger partial charge in [0.2, 0.25) is 5.91 Å². The van der Waals surface area contributed by atoms with E-state index in [0.29, 0.717) is 0 Å². The second kappa shape index (κ2) is 6.50. The SMILES string of the molecule is CC1Nc2ccccc2CC1C(=O)NCCC1CCCC1. The highest BCUT2D eigenvalue weighted by Crippen LogP contribution is 2.29. The Hall–Kier alpha value is -1.51. The van der Waals surface area contributed by atoms with E-state index in [1.807, 2.05) is 12.1 Å². The molecule has 0 saturated heterocycles. The molecule has 1 aliphatic carbocycles. The van der Waals surface area contributed by atoms with Crippen LogP contribution < -0.4 is 10.6 Å². The Kier molecular flexibility index (Phi) is 4.47. The molecule has 0 aromatic heterocycles. The van der Waals surface area contributed by atoms with E-state index in [-0.39, 0.29) is 17.9 Å². The van der Waals surface area contributed by atoms with Gasteiger partial charge in [-0.05, 0) is 37.3 Å². The molecule has 3 rings (SSSR count). The average molecular weight is 286 g/mol. The van der Waals surface area contributed by atoms with Crippen molar-refractivity contribution in [2.24, 2.45) is 11.8 Å². The molecule has 1 amide bonds. The Morgan fingerprint density at radius 3 is 2.86 bits per heavy atom. The summed E-state index contributed by atoms with van der Waals surface area (Å²) in [5.74, 6) is 1.10. The van der Waals surface area contributed by atoms with Crippen LogP contribution in [0.1, 0.15) is 44.6 Å². The maximum atomic E-state index is 12.4. The first-order valence-electron chi connectivity index (χ1n) is 8.36. The van der Waals surface area contributed by atoms with Crippen LogP contribution in [0.5, 0.6) is 0 Å². The van der Waals surface area contributed by atoms with Crippen LogP contribution in [0, 0.1) is 11.8 Å². The van der Waals surface area contributed by atoms with Gasteiger partial charge in [0.15, 0.2) is 0 Å². The number of carbonyl (C=O) groups is 1. The highest BCUT2D eigenvalue weighted by molar-refractivity contribution is 5.81. The molecule has 2 N–H and O–H groups in total. The first-order chi connectivity index (χ1) is 10.2. The van der Waals surface area contributed by atoms with E-state index in [0.717, 1.165) is 25.3 Å². The zero-order valence-electron chi connectivity index (χ0n) is 12.9. The lowest BCUT2D eigenvalue weighted by molar-refractivity contribution is -0.125. The van der Waals surface area contributed by atoms with Crippen molar-refractivity contribution in [3.8, 4) is 0 Å². The third-order valence-electron chi connectivity index (χ3n) is 5.11. The van der Waals surface area contributed by atoms with E-state index in [1.54, 1.807) is 0 Å². The van der Waals surface area contributed by atoms with Crippen LogP contribution in [0.25, 0.3) is 0 Å². The lowest BCUT2D eigenvalue weighted by Crippen LogP contribution is -2.43. The van der Waals surface area contributed by atoms with Crippen LogP contribution in [0.3, 0.4) is 0 Å². The van der Waals surface area contributed by atoms with Crippen molar-refractivity contribution in [1.82, 2.24) is 5.32 Å². The third-order valence-corrected chi connectivity index (χ3v) is 5.11. The van der Waals surface area contributed by atoms with Crippen LogP contribution in [0.15, 0.2) is 24.3 Å². The topological polar surface area (TPSA) is 41.1 Å². The molecule has 3 nitrogen and oxygen atoms in total. The average Bonchev–Trinajstić information content (AvgIpc) is 2.99. The van der Waals surface area contributed by atoms with E-state index >= 15 is 0 Å². The number of benzene rings is 1. The van der Waals surface area contributed by atoms with Crippen LogP contribution in [0.4, 0.5) is 5.69 Å². The summed E-state index contributed by atoms with van der Waals surface area (Å²) >= 11 is 0. The van der Waals surface area contributed by atoms with Crippen LogP contribution in [-0.2, 0) is 11.2 Å². The van der Waals surface area contributed by atoms with Gasteiger partial charge in [0, 0.05) is 18.3 Å². The lowest BCUT2D eigenvalue weighted by Gasteiger charge is -2.31. The van der Waals surface area contributed by atoms with E-state index < -0.39 is 0 Å². The molecular formula is C18H26N2O. The number of amides is 1. The molecule has 1 fully saturated rings. The number of nitrogens with one attached hydrogen (secondary N) is 2. The van der Waals surface area contributed by atoms with E-state index in [9.17, 15) is 4.79 Å². The Bertz CT molecular complexity index is 494. The summed E-state index contributed by atoms with van der Waals surface area (Å²) in [6.07, 6.45) is 7.45. The summed E-state index contributed by atoms with van der Waals surface area (Å²) in [6, 6.07) is 8.51. The quantitative estimate of drug-likeness (QED) is 0.891. The normalized spacial score (nSPS) is 25.2. The first kappa shape index (κ1) is 14.4. The minimum atomic E-state index is 0.0449. The monoisotopic (exact) mass is 286 g/mol. The largest absolute Gasteiger partial charge is 0.382 e. The van der Waals surface area contributed by atoms with Gasteiger partial charge < -0.3 is 10.6 Å². The maximum absolute atomic E-state index is 12.4. The summed E-state index contributed by atoms with van der Waals surface area (Å²) in [5.41, 5.74) is 2.44. The molecule has 2 aliphatic rings. The Morgan fingerprint density at radius 2 is 2.05 bits per heavy atom. The van der Waals surface area contributed by atoms with Gasteiger partial charge >= 0.3 is 0 Å². The van der Waals surface area contributed by atoms with Gasteiger partial charge in [0.05, 0.1) is 5.92 Å². The summed E-state index contributed by atoms with van der Waals surface area (Å²) in [4.78, 5) is 12.4. The summed E-state index contributed by atoms with van der Waals surface area (Å²) < 4.78 is 0. The van der Waals surface area contributed by atoms with Crippen molar-refractivity contribution in [3.63, 3.8) is 0 Å². The zero-order valence-corrected chi connectivity index (χ0v) is 12.9. The number of para-hydroxylation sites is 1. The highest BCUT2D eigenvalue weighted by atomic mass is 16.1. The first-order valence-corrected chi connectivity index (χ1v) is 8.36. The fraction of sp³-hybridized carbons (Fsp3) is 0.611. The Morgan fingerprint density at radius 1 is 1.29 bits per heavy atom. The molecule has 114 valence electrons. The molecule has 1 saturated carbocycles. The van der Waals surface area contributed by atoms with Gasteiger partial charge in [-0.1, -0.05) is 43.9 Å². The highest BCUT2D eigenvalue weighted by Gasteiger charge is 2.30. The number of carbonyl (C=O) groups excluding carboxylic acids is 1. The predicted octanol–water partition coefficient (Wildman–Crippen LogP) is 3.36. The molecule has 21 heavy (non-hydrogen) atoms. The smallest absolute Gasteiger partial charge is 0.225 e. The van der Waals surface area contributed by atoms with Crippen LogP contribution >= 0.6 is 0 Å². The van der Waals surface area contributed by atoms with Crippen molar-refractivity contribution < 1.29 is 4.79 Å². The summed E-state index contributed by atoms with van der Waals surface area (Å²) in [5, 5.41) is 6.62. The number of hydrogen-bond donors (Lipinski definition) is 2. The number of rotatable bonds is 4. The molecule has 0 spiro atoms. The summed E-state index contributed by atoms with van der Waals surface area (Å²) in [6.45, 7) is 2.95. The van der Waals surface area contributed by atoms with Gasteiger partial charge in [-0.2, -0.15) is 0 Å². The fourth-order valence-corrected chi connectivity index (χ4v) is 3.75. The molecule has 1 aliphatic heterocycles. The number of fused-ring (bicyclic) bond motifs is 1. The molecule has 0 radical (unpaired) electrons. The van der Waals surface area contributed by atoms with Gasteiger partial charge in [-0.3, -0.25) is 4.79 Å². The molecule has 1 aromatic carbocycles. The van der Waals surface area contributed by atoms with Gasteiger partial charge in [-0.25, -0.2) is 0 Å². The molecule has 2 unspecified atom stereocenters. The van der Waals surface area contributed by atoms with Gasteiger partial charge in [0.1, 0.15) is 0 Å². The Labute approximate surface area is 127 Å². The fourth-order valence-electron chi connectivity index (χ4n) is 3.75. The van der Waals surface area contributed by atoms with Crippen LogP contribution in [0.2, 0.25) is 0 Å². The van der Waals surface area contributed by atoms with Crippen molar-refractivity contribution in [1.29, 1.82) is 0 Å². The summed E-state index contributed by atoms with van der Waals surface area (Å²) in [7, 11) is 0. The second-order valence-electron chi connectivity index (χ2n) is 6.63. The van der Waals surface area contributed by atoms with Crippen molar-refractivity contribution in [2.75, 3.05) is 11.9 Å². The lowest BCUT2D eigenvalue weighted by atomic mass is 9.87. The molecule has 2 atom stereocenters. The van der Waals surface area contributed by atoms with Gasteiger partial charge in [0.25, 0.3) is 0 Å². The standard InChI is InChI=1S/C18H26N2O/c1-13-16(12-15-8-4-5-9-17(15)20-13)18(21)19-11-10-14-6-2-3-7-14/h4-5,8-9,13-14,16,20H,2-3,6-7,10-12H2,1H3,(H,19,21). The predicted molar refractivity (Wildman–Crippen MR) is 86.3 cm³/mol. The minimum Gasteiger partial charge on any atom is -0.382 e. The molecule has 1 heterocycles. The molecular weight excluding hydrogens is 260 g/mol. The third kappa shape index (κ3) is 3.39. The zero-order chi connectivity index (χ0) is 14.7. The molecule has 1 aromatic rings. The maximum Gasteiger partial charge on any atom is 0.225 e. The number of hydrogen-bond acceptors (Lipinski definition) is 2. The number of anilines is 1. The van der Waals surface area contributed by atoms with Crippen molar-refractivity contribution >= 4 is 11.6 Å². The molecule has 0 bridgehead atoms. The van der Waals surface area contributed by atoms with E-state index in [4.69, 9.17) is 0 Å². The van der Waals surface area contributed by atoms with E-state index in [2.05, 4.69) is 29.7 Å². The molecule has 3 heteroatoms. The van der Waals surface area contributed by atoms with Gasteiger partial charge in [-0.15, -0.1) is 0 Å². The van der Waals surface area contributed by atoms with Crippen molar-refractivity contribution in [3.05, 3.63) is 29.8 Å². The van der Waals surface area contributed by atoms with E-state index in [1.165, 1.54) is 36.9 Å². The Balaban J connectivity index is 1.52. The second-order valence-corrected chi connectivity index (χ2v) is 6.63. The van der Waals surface area contributed by atoms with Crippen LogP contribution in [-0.4, -0.2) is 18.5 Å².